The lowest BCUT2D eigenvalue weighted by Crippen LogP contribution is -2.24. The fourth-order valence-corrected chi connectivity index (χ4v) is 5.72. The van der Waals surface area contributed by atoms with Gasteiger partial charge in [-0.2, -0.15) is 0 Å². The van der Waals surface area contributed by atoms with E-state index in [9.17, 15) is 15.3 Å². The molecule has 0 aromatic carbocycles. The zero-order valence-corrected chi connectivity index (χ0v) is 27.2. The molecular weight excluding hydrogens is 496 g/mol. The summed E-state index contributed by atoms with van der Waals surface area (Å²) in [6, 6.07) is 0. The molecule has 0 amide bonds. The second kappa shape index (κ2) is 32.4. The highest BCUT2D eigenvalue weighted by molar-refractivity contribution is 5.68. The molecule has 0 unspecified atom stereocenters. The number of hydroxylamine groups is 1. The maximum absolute atomic E-state index is 12.3. The number of nitrogens with zero attached hydrogens (tertiary/aromatic N) is 2. The van der Waals surface area contributed by atoms with Gasteiger partial charge < -0.3 is 5.21 Å². The number of rotatable bonds is 32. The second-order valence-electron chi connectivity index (χ2n) is 12.4. The molecule has 0 aromatic rings. The van der Waals surface area contributed by atoms with E-state index < -0.39 is 4.92 Å². The summed E-state index contributed by atoms with van der Waals surface area (Å²) >= 11 is 0. The van der Waals surface area contributed by atoms with Crippen LogP contribution in [-0.4, -0.2) is 22.0 Å². The number of hydrogen-bond donors (Lipinski definition) is 0. The third kappa shape index (κ3) is 28.4. The second-order valence-corrected chi connectivity index (χ2v) is 12.4. The minimum atomic E-state index is -0.442. The van der Waals surface area contributed by atoms with E-state index in [0.717, 1.165) is 38.5 Å². The average Bonchev–Trinajstić information content (AvgIpc) is 2.94. The first-order valence-electron chi connectivity index (χ1n) is 18.1. The predicted octanol–water partition coefficient (Wildman–Crippen LogP) is 12.3. The summed E-state index contributed by atoms with van der Waals surface area (Å²) in [6.07, 6.45) is 38.6. The molecule has 0 heterocycles. The van der Waals surface area contributed by atoms with E-state index in [-0.39, 0.29) is 12.4 Å². The van der Waals surface area contributed by atoms with Crippen LogP contribution >= 0.6 is 0 Å². The van der Waals surface area contributed by atoms with Crippen molar-refractivity contribution in [1.29, 1.82) is 0 Å². The summed E-state index contributed by atoms with van der Waals surface area (Å²) < 4.78 is 0.673. The van der Waals surface area contributed by atoms with Gasteiger partial charge in [0.25, 0.3) is 0 Å². The third-order valence-electron chi connectivity index (χ3n) is 8.47. The molecule has 0 aromatic heterocycles. The topological polar surface area (TPSA) is 69.2 Å². The van der Waals surface area contributed by atoms with Crippen LogP contribution < -0.4 is 0 Å². The lowest BCUT2D eigenvalue weighted by Gasteiger charge is -2.06. The third-order valence-corrected chi connectivity index (χ3v) is 8.47. The Kier molecular flexibility index (Phi) is 31.5. The zero-order valence-electron chi connectivity index (χ0n) is 27.2. The molecular formula is C35H70N2O3. The molecule has 0 rings (SSSR count). The Hall–Kier alpha value is -1.13. The molecule has 0 aliphatic heterocycles. The molecule has 0 saturated carbocycles. The fourth-order valence-electron chi connectivity index (χ4n) is 5.72. The molecule has 0 bridgehead atoms. The maximum Gasteiger partial charge on any atom is 0.481 e. The molecule has 5 heteroatoms. The largest absolute Gasteiger partial charge is 0.619 e. The van der Waals surface area contributed by atoms with Crippen LogP contribution in [0.15, 0.2) is 0 Å². The van der Waals surface area contributed by atoms with Crippen molar-refractivity contribution in [3.8, 4) is 0 Å². The lowest BCUT2D eigenvalue weighted by atomic mass is 10.0. The van der Waals surface area contributed by atoms with Crippen molar-refractivity contribution in [2.24, 2.45) is 0 Å². The highest BCUT2D eigenvalue weighted by Gasteiger charge is 2.22. The van der Waals surface area contributed by atoms with Crippen LogP contribution in [0.1, 0.15) is 213 Å². The molecule has 0 fully saturated rings. The van der Waals surface area contributed by atoms with Gasteiger partial charge >= 0.3 is 5.84 Å². The molecule has 0 spiro atoms. The van der Waals surface area contributed by atoms with Crippen LogP contribution in [0, 0.1) is 15.3 Å². The van der Waals surface area contributed by atoms with Gasteiger partial charge in [0.15, 0.2) is 6.54 Å². The summed E-state index contributed by atoms with van der Waals surface area (Å²) in [6.45, 7) is 4.81. The SMILES string of the molecule is CCCCCCCCCCCCCCCCCC([N+](=O)[O-])=[N+]([O-])CCCCCCCCCCCCCCCCC. The summed E-state index contributed by atoms with van der Waals surface area (Å²) in [4.78, 5) is 11.0. The molecule has 0 aliphatic rings. The van der Waals surface area contributed by atoms with Crippen molar-refractivity contribution < 1.29 is 9.66 Å². The minimum Gasteiger partial charge on any atom is -0.619 e. The number of unbranched alkanes of at least 4 members (excludes halogenated alkanes) is 28. The maximum atomic E-state index is 12.3. The van der Waals surface area contributed by atoms with Crippen molar-refractivity contribution in [1.82, 2.24) is 0 Å². The lowest BCUT2D eigenvalue weighted by molar-refractivity contribution is -0.527. The van der Waals surface area contributed by atoms with Crippen LogP contribution in [0.25, 0.3) is 0 Å². The Balaban J connectivity index is 3.60. The van der Waals surface area contributed by atoms with Gasteiger partial charge in [-0.15, -0.1) is 4.74 Å². The Morgan fingerprint density at radius 2 is 0.650 bits per heavy atom. The van der Waals surface area contributed by atoms with Gasteiger partial charge in [-0.05, 0) is 12.8 Å². The van der Waals surface area contributed by atoms with Gasteiger partial charge in [0.1, 0.15) is 11.3 Å². The first-order chi connectivity index (χ1) is 19.6. The monoisotopic (exact) mass is 567 g/mol. The van der Waals surface area contributed by atoms with E-state index in [0.29, 0.717) is 11.2 Å². The quantitative estimate of drug-likeness (QED) is 0.0155. The first kappa shape index (κ1) is 38.9. The summed E-state index contributed by atoms with van der Waals surface area (Å²) in [5.74, 6) is -0.125. The summed E-state index contributed by atoms with van der Waals surface area (Å²) in [7, 11) is 0. The molecule has 0 N–H and O–H groups in total. The van der Waals surface area contributed by atoms with Crippen molar-refractivity contribution in [2.45, 2.75) is 213 Å². The number of amidine groups is 1. The molecule has 0 atom stereocenters. The Morgan fingerprint density at radius 1 is 0.400 bits per heavy atom. The highest BCUT2D eigenvalue weighted by Crippen LogP contribution is 2.15. The van der Waals surface area contributed by atoms with Gasteiger partial charge in [-0.25, -0.2) is 0 Å². The zero-order chi connectivity index (χ0) is 29.4. The van der Waals surface area contributed by atoms with Crippen LogP contribution in [0.5, 0.6) is 0 Å². The van der Waals surface area contributed by atoms with E-state index in [1.807, 2.05) is 0 Å². The van der Waals surface area contributed by atoms with Crippen molar-refractivity contribution in [3.05, 3.63) is 15.3 Å². The van der Waals surface area contributed by atoms with Crippen molar-refractivity contribution in [3.63, 3.8) is 0 Å². The first-order valence-corrected chi connectivity index (χ1v) is 18.1. The molecule has 40 heavy (non-hydrogen) atoms. The average molecular weight is 567 g/mol. The molecule has 0 aliphatic carbocycles. The van der Waals surface area contributed by atoms with Crippen molar-refractivity contribution in [2.75, 3.05) is 6.54 Å². The number of hydrogen-bond acceptors (Lipinski definition) is 3. The Morgan fingerprint density at radius 3 is 0.925 bits per heavy atom. The van der Waals surface area contributed by atoms with Crippen LogP contribution in [0.3, 0.4) is 0 Å². The van der Waals surface area contributed by atoms with Gasteiger partial charge in [-0.1, -0.05) is 187 Å². The van der Waals surface area contributed by atoms with Crippen LogP contribution in [0.4, 0.5) is 0 Å². The van der Waals surface area contributed by atoms with Gasteiger partial charge in [0.2, 0.25) is 0 Å². The van der Waals surface area contributed by atoms with Gasteiger partial charge in [-0.3, -0.25) is 10.1 Å². The number of nitro groups is 1. The van der Waals surface area contributed by atoms with E-state index in [4.69, 9.17) is 0 Å². The minimum absolute atomic E-state index is 0.125. The van der Waals surface area contributed by atoms with Crippen molar-refractivity contribution >= 4 is 5.84 Å². The standard InChI is InChI=1S/C35H70N2O3/c1-3-5-7-9-11-13-15-17-19-21-23-25-27-29-31-33-35(37(39)40)36(38)34-32-30-28-26-24-22-20-18-16-14-12-10-8-6-4-2/h3-34H2,1-2H3. The molecule has 0 saturated heterocycles. The normalized spacial score (nSPS) is 12.2. The van der Waals surface area contributed by atoms with Crippen LogP contribution in [0.2, 0.25) is 0 Å². The summed E-state index contributed by atoms with van der Waals surface area (Å²) in [5.41, 5.74) is 0. The highest BCUT2D eigenvalue weighted by atomic mass is 16.6. The smallest absolute Gasteiger partial charge is 0.481 e. The predicted molar refractivity (Wildman–Crippen MR) is 175 cm³/mol. The summed E-state index contributed by atoms with van der Waals surface area (Å²) in [5, 5.41) is 23.7. The van der Waals surface area contributed by atoms with Crippen LogP contribution in [-0.2, 0) is 0 Å². The van der Waals surface area contributed by atoms with E-state index in [2.05, 4.69) is 13.8 Å². The fraction of sp³-hybridized carbons (Fsp3) is 0.971. The van der Waals surface area contributed by atoms with E-state index >= 15 is 0 Å². The van der Waals surface area contributed by atoms with E-state index in [1.54, 1.807) is 0 Å². The van der Waals surface area contributed by atoms with E-state index in [1.165, 1.54) is 154 Å². The molecule has 238 valence electrons. The Labute approximate surface area is 250 Å². The van der Waals surface area contributed by atoms with Gasteiger partial charge in [0.05, 0.1) is 0 Å². The molecule has 0 radical (unpaired) electrons. The Bertz CT molecular complexity index is 565. The molecule has 5 nitrogen and oxygen atoms in total. The van der Waals surface area contributed by atoms with Gasteiger partial charge in [0, 0.05) is 6.42 Å².